The topological polar surface area (TPSA) is 51.2 Å². The summed E-state index contributed by atoms with van der Waals surface area (Å²) in [6.07, 6.45) is 2.64. The summed E-state index contributed by atoms with van der Waals surface area (Å²) >= 11 is 0. The average Bonchev–Trinajstić information content (AvgIpc) is 2.50. The third-order valence-corrected chi connectivity index (χ3v) is 3.89. The molecule has 3 nitrogen and oxygen atoms in total. The molecule has 0 heterocycles. The van der Waals surface area contributed by atoms with Crippen molar-refractivity contribution in [2.24, 2.45) is 0 Å². The number of hydrogen-bond acceptors (Lipinski definition) is 3. The molecule has 1 aromatic rings. The van der Waals surface area contributed by atoms with Crippen LogP contribution in [0.25, 0.3) is 0 Å². The Bertz CT molecular complexity index is 471. The quantitative estimate of drug-likeness (QED) is 0.613. The van der Waals surface area contributed by atoms with Gasteiger partial charge in [-0.2, -0.15) is 0 Å². The van der Waals surface area contributed by atoms with Crippen LogP contribution in [0.15, 0.2) is 30.3 Å². The van der Waals surface area contributed by atoms with E-state index in [-0.39, 0.29) is 36.6 Å². The summed E-state index contributed by atoms with van der Waals surface area (Å²) in [5.74, 6) is -0.755. The molecule has 3 heteroatoms. The van der Waals surface area contributed by atoms with Gasteiger partial charge in [-0.3, -0.25) is 14.4 Å². The first-order valence-corrected chi connectivity index (χ1v) is 8.21. The molecule has 0 bridgehead atoms. The zero-order valence-corrected chi connectivity index (χ0v) is 13.9. The molecule has 0 aliphatic rings. The molecule has 0 unspecified atom stereocenters. The first-order chi connectivity index (χ1) is 10.5. The third-order valence-electron chi connectivity index (χ3n) is 3.89. The Balaban J connectivity index is 3.52. The van der Waals surface area contributed by atoms with Gasteiger partial charge in [-0.1, -0.05) is 51.1 Å². The molecule has 0 aromatic heterocycles. The molecule has 0 saturated carbocycles. The molecule has 1 rings (SSSR count). The zero-order chi connectivity index (χ0) is 16.6. The number of hydrogen-bond donors (Lipinski definition) is 0. The maximum Gasteiger partial charge on any atom is 0.170 e. The van der Waals surface area contributed by atoms with Crippen molar-refractivity contribution in [1.82, 2.24) is 0 Å². The normalized spacial score (nSPS) is 11.2. The first-order valence-electron chi connectivity index (χ1n) is 8.21. The number of Topliss-reactive ketones (excluding diaryl/α,β-unsaturated/α-hetero) is 3. The van der Waals surface area contributed by atoms with E-state index in [9.17, 15) is 14.4 Å². The molecule has 0 N–H and O–H groups in total. The van der Waals surface area contributed by atoms with Gasteiger partial charge in [-0.05, 0) is 24.8 Å². The highest BCUT2D eigenvalue weighted by Crippen LogP contribution is 2.33. The van der Waals surface area contributed by atoms with E-state index in [1.165, 1.54) is 0 Å². The largest absolute Gasteiger partial charge is 0.298 e. The fourth-order valence-electron chi connectivity index (χ4n) is 2.88. The predicted octanol–water partition coefficient (Wildman–Crippen LogP) is 4.03. The average molecular weight is 302 g/mol. The Morgan fingerprint density at radius 2 is 1.09 bits per heavy atom. The third kappa shape index (κ3) is 3.52. The van der Waals surface area contributed by atoms with Crippen LogP contribution in [0, 0.1) is 0 Å². The lowest BCUT2D eigenvalue weighted by Crippen LogP contribution is -2.50. The monoisotopic (exact) mass is 302 g/mol. The summed E-state index contributed by atoms with van der Waals surface area (Å²) in [6.45, 7) is 5.67. The van der Waals surface area contributed by atoms with Crippen LogP contribution in [0.5, 0.6) is 0 Å². The van der Waals surface area contributed by atoms with E-state index < -0.39 is 5.41 Å². The van der Waals surface area contributed by atoms with Crippen molar-refractivity contribution in [2.75, 3.05) is 0 Å². The summed E-state index contributed by atoms with van der Waals surface area (Å²) in [4.78, 5) is 38.6. The van der Waals surface area contributed by atoms with Crippen molar-refractivity contribution in [1.29, 1.82) is 0 Å². The van der Waals surface area contributed by atoms with Gasteiger partial charge in [0.25, 0.3) is 0 Å². The minimum Gasteiger partial charge on any atom is -0.298 e. The molecule has 0 aliphatic heterocycles. The van der Waals surface area contributed by atoms with E-state index in [2.05, 4.69) is 0 Å². The summed E-state index contributed by atoms with van der Waals surface area (Å²) in [6, 6.07) is 8.85. The van der Waals surface area contributed by atoms with Gasteiger partial charge >= 0.3 is 0 Å². The highest BCUT2D eigenvalue weighted by atomic mass is 16.2. The second-order valence-corrected chi connectivity index (χ2v) is 5.64. The lowest BCUT2D eigenvalue weighted by Gasteiger charge is -2.30. The van der Waals surface area contributed by atoms with E-state index in [4.69, 9.17) is 0 Å². The molecule has 0 spiro atoms. The minimum absolute atomic E-state index is 0.250. The van der Waals surface area contributed by atoms with Gasteiger partial charge in [0, 0.05) is 19.3 Å². The zero-order valence-electron chi connectivity index (χ0n) is 13.9. The van der Waals surface area contributed by atoms with Crippen LogP contribution >= 0.6 is 0 Å². The number of rotatable bonds is 10. The summed E-state index contributed by atoms with van der Waals surface area (Å²) in [7, 11) is 0. The molecular weight excluding hydrogens is 276 g/mol. The molecule has 1 aromatic carbocycles. The van der Waals surface area contributed by atoms with Crippen LogP contribution < -0.4 is 0 Å². The van der Waals surface area contributed by atoms with Crippen molar-refractivity contribution in [3.05, 3.63) is 35.9 Å². The standard InChI is InChI=1S/C19H26O3/c1-4-10-16(20)19(17(21)11-5-2,18(22)12-6-3)15-13-8-7-9-14-15/h7-9,13-14H,4-6,10-12H2,1-3H3. The smallest absolute Gasteiger partial charge is 0.170 e. The van der Waals surface area contributed by atoms with Crippen molar-refractivity contribution in [3.8, 4) is 0 Å². The fraction of sp³-hybridized carbons (Fsp3) is 0.526. The van der Waals surface area contributed by atoms with Gasteiger partial charge in [0.15, 0.2) is 22.8 Å². The Kier molecular flexibility index (Phi) is 7.16. The van der Waals surface area contributed by atoms with Crippen LogP contribution in [0.2, 0.25) is 0 Å². The minimum atomic E-state index is -1.59. The van der Waals surface area contributed by atoms with E-state index in [0.29, 0.717) is 24.8 Å². The number of carbonyl (C=O) groups is 3. The second-order valence-electron chi connectivity index (χ2n) is 5.64. The summed E-state index contributed by atoms with van der Waals surface area (Å²) < 4.78 is 0. The van der Waals surface area contributed by atoms with Gasteiger partial charge < -0.3 is 0 Å². The van der Waals surface area contributed by atoms with Crippen LogP contribution in [0.1, 0.15) is 64.9 Å². The van der Waals surface area contributed by atoms with Gasteiger partial charge in [0.1, 0.15) is 0 Å². The Hall–Kier alpha value is -1.77. The SMILES string of the molecule is CCCC(=O)C(C(=O)CCC)(C(=O)CCC)c1ccccc1. The van der Waals surface area contributed by atoms with Crippen LogP contribution in [0.4, 0.5) is 0 Å². The molecule has 0 fully saturated rings. The highest BCUT2D eigenvalue weighted by molar-refractivity contribution is 6.29. The summed E-state index contributed by atoms with van der Waals surface area (Å²) in [5, 5.41) is 0. The maximum atomic E-state index is 12.9. The van der Waals surface area contributed by atoms with Gasteiger partial charge in [-0.25, -0.2) is 0 Å². The fourth-order valence-corrected chi connectivity index (χ4v) is 2.88. The number of ketones is 3. The lowest BCUT2D eigenvalue weighted by molar-refractivity contribution is -0.143. The van der Waals surface area contributed by atoms with Gasteiger partial charge in [-0.15, -0.1) is 0 Å². The van der Waals surface area contributed by atoms with E-state index in [1.54, 1.807) is 24.3 Å². The maximum absolute atomic E-state index is 12.9. The second kappa shape index (κ2) is 8.62. The Morgan fingerprint density at radius 1 is 0.727 bits per heavy atom. The lowest BCUT2D eigenvalue weighted by atomic mass is 9.67. The molecule has 22 heavy (non-hydrogen) atoms. The Morgan fingerprint density at radius 3 is 1.41 bits per heavy atom. The van der Waals surface area contributed by atoms with Crippen LogP contribution in [-0.2, 0) is 19.8 Å². The molecule has 0 aliphatic carbocycles. The molecule has 0 atom stereocenters. The number of carbonyl (C=O) groups excluding carboxylic acids is 3. The molecule has 0 amide bonds. The van der Waals surface area contributed by atoms with Crippen molar-refractivity contribution in [3.63, 3.8) is 0 Å². The van der Waals surface area contributed by atoms with E-state index in [1.807, 2.05) is 26.8 Å². The Labute approximate surface area is 133 Å². The van der Waals surface area contributed by atoms with Crippen molar-refractivity contribution < 1.29 is 14.4 Å². The summed E-state index contributed by atoms with van der Waals surface area (Å²) in [5.41, 5.74) is -1.06. The van der Waals surface area contributed by atoms with Crippen molar-refractivity contribution >= 4 is 17.3 Å². The van der Waals surface area contributed by atoms with E-state index >= 15 is 0 Å². The highest BCUT2D eigenvalue weighted by Gasteiger charge is 2.50. The van der Waals surface area contributed by atoms with Crippen molar-refractivity contribution in [2.45, 2.75) is 64.7 Å². The molecule has 0 radical (unpaired) electrons. The van der Waals surface area contributed by atoms with E-state index in [0.717, 1.165) is 0 Å². The predicted molar refractivity (Wildman–Crippen MR) is 87.9 cm³/mol. The number of benzene rings is 1. The molecule has 0 saturated heterocycles. The first kappa shape index (κ1) is 18.3. The van der Waals surface area contributed by atoms with Gasteiger partial charge in [0.2, 0.25) is 0 Å². The van der Waals surface area contributed by atoms with Gasteiger partial charge in [0.05, 0.1) is 0 Å². The van der Waals surface area contributed by atoms with Crippen LogP contribution in [0.3, 0.4) is 0 Å². The van der Waals surface area contributed by atoms with Crippen LogP contribution in [-0.4, -0.2) is 17.3 Å². The molecular formula is C19H26O3. The molecule has 120 valence electrons.